The molecule has 1 saturated heterocycles. The van der Waals surface area contributed by atoms with Gasteiger partial charge in [0.1, 0.15) is 0 Å². The molecule has 2 aromatic rings. The first-order valence-corrected chi connectivity index (χ1v) is 9.88. The fourth-order valence-electron chi connectivity index (χ4n) is 3.42. The molecule has 3 N–H and O–H groups in total. The van der Waals surface area contributed by atoms with Gasteiger partial charge in [0.15, 0.2) is 0 Å². The SMILES string of the molecule is CCCCNCc1ccc(N2CCN(c3ccc(CN)cc3)CC2)cc1. The lowest BCUT2D eigenvalue weighted by atomic mass is 10.1. The third kappa shape index (κ3) is 4.99. The monoisotopic (exact) mass is 352 g/mol. The number of hydrogen-bond donors (Lipinski definition) is 2. The van der Waals surface area contributed by atoms with E-state index in [-0.39, 0.29) is 0 Å². The zero-order valence-corrected chi connectivity index (χ0v) is 16.0. The molecule has 0 spiro atoms. The topological polar surface area (TPSA) is 44.5 Å². The van der Waals surface area contributed by atoms with Gasteiger partial charge in [0.05, 0.1) is 0 Å². The summed E-state index contributed by atoms with van der Waals surface area (Å²) in [6.07, 6.45) is 2.49. The third-order valence-electron chi connectivity index (χ3n) is 5.15. The van der Waals surface area contributed by atoms with Crippen LogP contribution in [-0.4, -0.2) is 32.7 Å². The van der Waals surface area contributed by atoms with Gasteiger partial charge in [0, 0.05) is 50.6 Å². The van der Waals surface area contributed by atoms with Crippen molar-refractivity contribution in [1.29, 1.82) is 0 Å². The smallest absolute Gasteiger partial charge is 0.0367 e. The van der Waals surface area contributed by atoms with Crippen LogP contribution in [0.2, 0.25) is 0 Å². The first-order valence-electron chi connectivity index (χ1n) is 9.88. The number of nitrogens with zero attached hydrogens (tertiary/aromatic N) is 2. The van der Waals surface area contributed by atoms with Crippen molar-refractivity contribution < 1.29 is 0 Å². The Morgan fingerprint density at radius 2 is 1.31 bits per heavy atom. The largest absolute Gasteiger partial charge is 0.368 e. The summed E-state index contributed by atoms with van der Waals surface area (Å²) in [4.78, 5) is 4.95. The van der Waals surface area contributed by atoms with Crippen LogP contribution in [0.5, 0.6) is 0 Å². The van der Waals surface area contributed by atoms with Crippen LogP contribution in [0.1, 0.15) is 30.9 Å². The van der Waals surface area contributed by atoms with Crippen LogP contribution < -0.4 is 20.9 Å². The van der Waals surface area contributed by atoms with Gasteiger partial charge in [-0.3, -0.25) is 0 Å². The van der Waals surface area contributed by atoms with Crippen molar-refractivity contribution in [3.8, 4) is 0 Å². The Morgan fingerprint density at radius 3 is 1.77 bits per heavy atom. The molecule has 0 radical (unpaired) electrons. The minimum absolute atomic E-state index is 0.609. The van der Waals surface area contributed by atoms with Gasteiger partial charge in [-0.05, 0) is 48.4 Å². The average molecular weight is 353 g/mol. The summed E-state index contributed by atoms with van der Waals surface area (Å²) in [7, 11) is 0. The van der Waals surface area contributed by atoms with Crippen LogP contribution in [0.3, 0.4) is 0 Å². The van der Waals surface area contributed by atoms with E-state index in [1.165, 1.54) is 35.3 Å². The molecule has 140 valence electrons. The highest BCUT2D eigenvalue weighted by atomic mass is 15.3. The molecule has 4 nitrogen and oxygen atoms in total. The van der Waals surface area contributed by atoms with Crippen molar-refractivity contribution in [2.45, 2.75) is 32.9 Å². The van der Waals surface area contributed by atoms with E-state index in [1.807, 2.05) is 0 Å². The van der Waals surface area contributed by atoms with Crippen molar-refractivity contribution in [3.63, 3.8) is 0 Å². The first-order chi connectivity index (χ1) is 12.8. The Bertz CT molecular complexity index is 643. The maximum atomic E-state index is 5.69. The Labute approximate surface area is 158 Å². The number of rotatable bonds is 8. The number of nitrogens with two attached hydrogens (primary N) is 1. The number of piperazine rings is 1. The van der Waals surface area contributed by atoms with Crippen molar-refractivity contribution in [1.82, 2.24) is 5.32 Å². The lowest BCUT2D eigenvalue weighted by Gasteiger charge is -2.37. The second-order valence-corrected chi connectivity index (χ2v) is 7.04. The molecule has 0 amide bonds. The highest BCUT2D eigenvalue weighted by Crippen LogP contribution is 2.21. The minimum atomic E-state index is 0.609. The van der Waals surface area contributed by atoms with E-state index in [2.05, 4.69) is 70.6 Å². The van der Waals surface area contributed by atoms with Crippen molar-refractivity contribution in [2.75, 3.05) is 42.5 Å². The van der Waals surface area contributed by atoms with Gasteiger partial charge in [-0.25, -0.2) is 0 Å². The summed E-state index contributed by atoms with van der Waals surface area (Å²) >= 11 is 0. The van der Waals surface area contributed by atoms with Crippen LogP contribution >= 0.6 is 0 Å². The number of anilines is 2. The molecule has 0 aromatic heterocycles. The Morgan fingerprint density at radius 1 is 0.808 bits per heavy atom. The second kappa shape index (κ2) is 9.60. The predicted octanol–water partition coefficient (Wildman–Crippen LogP) is 3.36. The van der Waals surface area contributed by atoms with Gasteiger partial charge in [-0.2, -0.15) is 0 Å². The Kier molecular flexibility index (Phi) is 6.92. The fourth-order valence-corrected chi connectivity index (χ4v) is 3.42. The third-order valence-corrected chi connectivity index (χ3v) is 5.15. The lowest BCUT2D eigenvalue weighted by Crippen LogP contribution is -2.46. The molecule has 0 aliphatic carbocycles. The molecule has 0 atom stereocenters. The maximum absolute atomic E-state index is 5.69. The molecule has 0 saturated carbocycles. The molecule has 2 aromatic carbocycles. The van der Waals surface area contributed by atoms with E-state index in [9.17, 15) is 0 Å². The highest BCUT2D eigenvalue weighted by Gasteiger charge is 2.17. The first kappa shape index (κ1) is 18.7. The number of hydrogen-bond acceptors (Lipinski definition) is 4. The van der Waals surface area contributed by atoms with Crippen LogP contribution in [0.4, 0.5) is 11.4 Å². The van der Waals surface area contributed by atoms with E-state index in [1.54, 1.807) is 0 Å². The average Bonchev–Trinajstić information content (AvgIpc) is 2.72. The zero-order chi connectivity index (χ0) is 18.2. The lowest BCUT2D eigenvalue weighted by molar-refractivity contribution is 0.640. The summed E-state index contributed by atoms with van der Waals surface area (Å²) < 4.78 is 0. The van der Waals surface area contributed by atoms with Crippen molar-refractivity contribution in [2.24, 2.45) is 5.73 Å². The van der Waals surface area contributed by atoms with E-state index in [0.717, 1.165) is 39.3 Å². The van der Waals surface area contributed by atoms with Crippen LogP contribution in [-0.2, 0) is 13.1 Å². The molecule has 1 aliphatic rings. The van der Waals surface area contributed by atoms with Gasteiger partial charge < -0.3 is 20.9 Å². The minimum Gasteiger partial charge on any atom is -0.368 e. The molecule has 0 unspecified atom stereocenters. The van der Waals surface area contributed by atoms with Gasteiger partial charge in [0.2, 0.25) is 0 Å². The van der Waals surface area contributed by atoms with Gasteiger partial charge in [-0.15, -0.1) is 0 Å². The number of unbranched alkanes of at least 4 members (excludes halogenated alkanes) is 1. The summed E-state index contributed by atoms with van der Waals surface area (Å²) in [5.41, 5.74) is 10.9. The quantitative estimate of drug-likeness (QED) is 0.715. The van der Waals surface area contributed by atoms with Crippen LogP contribution in [0.15, 0.2) is 48.5 Å². The second-order valence-electron chi connectivity index (χ2n) is 7.04. The normalized spacial score (nSPS) is 14.7. The molecule has 26 heavy (non-hydrogen) atoms. The number of nitrogens with one attached hydrogen (secondary N) is 1. The van der Waals surface area contributed by atoms with Crippen LogP contribution in [0, 0.1) is 0 Å². The standard InChI is InChI=1S/C22H32N4/c1-2-3-12-24-18-20-6-10-22(11-7-20)26-15-13-25(14-16-26)21-8-4-19(17-23)5-9-21/h4-11,24H,2-3,12-18,23H2,1H3. The number of benzene rings is 2. The fraction of sp³-hybridized carbons (Fsp3) is 0.455. The zero-order valence-electron chi connectivity index (χ0n) is 16.0. The molecule has 3 rings (SSSR count). The Hall–Kier alpha value is -2.04. The van der Waals surface area contributed by atoms with E-state index in [0.29, 0.717) is 6.54 Å². The van der Waals surface area contributed by atoms with Gasteiger partial charge in [-0.1, -0.05) is 37.6 Å². The summed E-state index contributed by atoms with van der Waals surface area (Å²) in [5.74, 6) is 0. The summed E-state index contributed by atoms with van der Waals surface area (Å²) in [6, 6.07) is 17.7. The molecule has 1 fully saturated rings. The predicted molar refractivity (Wildman–Crippen MR) is 112 cm³/mol. The summed E-state index contributed by atoms with van der Waals surface area (Å²) in [5, 5.41) is 3.51. The van der Waals surface area contributed by atoms with Gasteiger partial charge >= 0.3 is 0 Å². The molecular weight excluding hydrogens is 320 g/mol. The van der Waals surface area contributed by atoms with Crippen molar-refractivity contribution >= 4 is 11.4 Å². The van der Waals surface area contributed by atoms with Gasteiger partial charge in [0.25, 0.3) is 0 Å². The highest BCUT2D eigenvalue weighted by molar-refractivity contribution is 5.52. The van der Waals surface area contributed by atoms with E-state index in [4.69, 9.17) is 5.73 Å². The summed E-state index contributed by atoms with van der Waals surface area (Å²) in [6.45, 7) is 9.15. The Balaban J connectivity index is 1.49. The molecular formula is C22H32N4. The molecule has 1 heterocycles. The van der Waals surface area contributed by atoms with Crippen LogP contribution in [0.25, 0.3) is 0 Å². The van der Waals surface area contributed by atoms with E-state index >= 15 is 0 Å². The molecule has 4 heteroatoms. The maximum Gasteiger partial charge on any atom is 0.0367 e. The van der Waals surface area contributed by atoms with E-state index < -0.39 is 0 Å². The molecule has 0 bridgehead atoms. The molecule has 1 aliphatic heterocycles. The van der Waals surface area contributed by atoms with Crippen molar-refractivity contribution in [3.05, 3.63) is 59.7 Å².